The number of carbonyl (C=O) groups excluding carboxylic acids is 1. The van der Waals surface area contributed by atoms with Crippen LogP contribution in [0.4, 0.5) is 0 Å². The first-order chi connectivity index (χ1) is 16.0. The average Bonchev–Trinajstić information content (AvgIpc) is 2.81. The molecule has 0 unspecified atom stereocenters. The molecular weight excluding hydrogens is 502 g/mol. The van der Waals surface area contributed by atoms with Gasteiger partial charge in [0.1, 0.15) is 0 Å². The lowest BCUT2D eigenvalue weighted by atomic mass is 10.1. The molecule has 1 aromatic heterocycles. The molecular formula is C25H29BrClN5O. The molecule has 0 saturated heterocycles. The minimum absolute atomic E-state index is 0.144. The van der Waals surface area contributed by atoms with Gasteiger partial charge in [0.05, 0.1) is 24.0 Å². The molecule has 0 spiro atoms. The summed E-state index contributed by atoms with van der Waals surface area (Å²) in [5.74, 6) is 0.253. The molecule has 0 saturated carbocycles. The van der Waals surface area contributed by atoms with Crippen LogP contribution >= 0.6 is 27.5 Å². The molecule has 0 fully saturated rings. The zero-order valence-corrected chi connectivity index (χ0v) is 21.4. The van der Waals surface area contributed by atoms with Gasteiger partial charge < -0.3 is 0 Å². The number of nitrogens with one attached hydrogen (secondary N) is 1. The van der Waals surface area contributed by atoms with Crippen molar-refractivity contribution >= 4 is 50.6 Å². The Balaban J connectivity index is 1.79. The van der Waals surface area contributed by atoms with Gasteiger partial charge in [-0.1, -0.05) is 72.4 Å². The first-order valence-electron chi connectivity index (χ1n) is 11.3. The normalized spacial score (nSPS) is 11.5. The SMILES string of the molecule is CCCCN(CCCC)CC(=O)N/N=C/c1nc(-c2ccccc2Cl)c2cc(Br)ccc2n1. The number of unbranched alkanes of at least 4 members (excludes halogenated alkanes) is 2. The predicted molar refractivity (Wildman–Crippen MR) is 140 cm³/mol. The Kier molecular flexibility index (Phi) is 9.78. The molecule has 0 radical (unpaired) electrons. The van der Waals surface area contributed by atoms with Crippen molar-refractivity contribution in [3.05, 3.63) is 57.8 Å². The van der Waals surface area contributed by atoms with E-state index in [1.54, 1.807) is 0 Å². The van der Waals surface area contributed by atoms with Gasteiger partial charge >= 0.3 is 0 Å². The minimum atomic E-state index is -0.144. The molecule has 0 aliphatic heterocycles. The number of fused-ring (bicyclic) bond motifs is 1. The van der Waals surface area contributed by atoms with Crippen LogP contribution in [0.5, 0.6) is 0 Å². The molecule has 8 heteroatoms. The fraction of sp³-hybridized carbons (Fsp3) is 0.360. The van der Waals surface area contributed by atoms with Crippen LogP contribution in [-0.4, -0.2) is 46.6 Å². The second-order valence-electron chi connectivity index (χ2n) is 7.85. The van der Waals surface area contributed by atoms with E-state index in [0.29, 0.717) is 23.1 Å². The van der Waals surface area contributed by atoms with Gasteiger partial charge in [-0.25, -0.2) is 15.4 Å². The highest BCUT2D eigenvalue weighted by Gasteiger charge is 2.13. The van der Waals surface area contributed by atoms with Gasteiger partial charge in [0, 0.05) is 20.4 Å². The van der Waals surface area contributed by atoms with Crippen molar-refractivity contribution in [2.75, 3.05) is 19.6 Å². The van der Waals surface area contributed by atoms with Gasteiger partial charge in [-0.15, -0.1) is 0 Å². The van der Waals surface area contributed by atoms with E-state index >= 15 is 0 Å². The summed E-state index contributed by atoms with van der Waals surface area (Å²) < 4.78 is 0.927. The molecule has 0 aliphatic rings. The monoisotopic (exact) mass is 529 g/mol. The molecule has 174 valence electrons. The second-order valence-corrected chi connectivity index (χ2v) is 9.17. The number of hydrogen-bond acceptors (Lipinski definition) is 5. The van der Waals surface area contributed by atoms with E-state index in [-0.39, 0.29) is 5.91 Å². The second kappa shape index (κ2) is 12.8. The molecule has 1 amide bonds. The van der Waals surface area contributed by atoms with E-state index in [4.69, 9.17) is 11.6 Å². The summed E-state index contributed by atoms with van der Waals surface area (Å²) in [5, 5.41) is 5.60. The Morgan fingerprint density at radius 3 is 2.55 bits per heavy atom. The van der Waals surface area contributed by atoms with Gasteiger partial charge in [0.15, 0.2) is 5.82 Å². The van der Waals surface area contributed by atoms with Crippen LogP contribution in [0.15, 0.2) is 52.0 Å². The van der Waals surface area contributed by atoms with Crippen molar-refractivity contribution in [3.8, 4) is 11.3 Å². The van der Waals surface area contributed by atoms with Crippen molar-refractivity contribution < 1.29 is 4.79 Å². The summed E-state index contributed by atoms with van der Waals surface area (Å²) in [6.07, 6.45) is 5.83. The van der Waals surface area contributed by atoms with Crippen LogP contribution in [-0.2, 0) is 4.79 Å². The number of nitrogens with zero attached hydrogens (tertiary/aromatic N) is 4. The van der Waals surface area contributed by atoms with Crippen molar-refractivity contribution in [1.82, 2.24) is 20.3 Å². The average molecular weight is 531 g/mol. The van der Waals surface area contributed by atoms with Gasteiger partial charge in [-0.3, -0.25) is 9.69 Å². The lowest BCUT2D eigenvalue weighted by molar-refractivity contribution is -0.122. The summed E-state index contributed by atoms with van der Waals surface area (Å²) in [6.45, 7) is 6.47. The minimum Gasteiger partial charge on any atom is -0.294 e. The highest BCUT2D eigenvalue weighted by Crippen LogP contribution is 2.32. The van der Waals surface area contributed by atoms with Crippen molar-refractivity contribution in [2.45, 2.75) is 39.5 Å². The Morgan fingerprint density at radius 2 is 1.85 bits per heavy atom. The number of amides is 1. The number of hydrazone groups is 1. The maximum absolute atomic E-state index is 12.4. The number of hydrogen-bond donors (Lipinski definition) is 1. The highest BCUT2D eigenvalue weighted by molar-refractivity contribution is 9.10. The third-order valence-electron chi connectivity index (χ3n) is 5.20. The molecule has 0 bridgehead atoms. The van der Waals surface area contributed by atoms with Gasteiger partial charge in [-0.05, 0) is 50.2 Å². The van der Waals surface area contributed by atoms with Crippen LogP contribution in [0, 0.1) is 0 Å². The van der Waals surface area contributed by atoms with Gasteiger partial charge in [0.25, 0.3) is 5.91 Å². The smallest absolute Gasteiger partial charge is 0.254 e. The van der Waals surface area contributed by atoms with E-state index in [1.165, 1.54) is 6.21 Å². The quantitative estimate of drug-likeness (QED) is 0.241. The first-order valence-corrected chi connectivity index (χ1v) is 12.4. The lowest BCUT2D eigenvalue weighted by Gasteiger charge is -2.20. The van der Waals surface area contributed by atoms with Crippen LogP contribution < -0.4 is 5.43 Å². The maximum atomic E-state index is 12.4. The van der Waals surface area contributed by atoms with E-state index in [1.807, 2.05) is 42.5 Å². The number of benzene rings is 2. The topological polar surface area (TPSA) is 70.5 Å². The Morgan fingerprint density at radius 1 is 1.12 bits per heavy atom. The first kappa shape index (κ1) is 25.3. The maximum Gasteiger partial charge on any atom is 0.254 e. The van der Waals surface area contributed by atoms with Gasteiger partial charge in [-0.2, -0.15) is 5.10 Å². The molecule has 6 nitrogen and oxygen atoms in total. The molecule has 3 rings (SSSR count). The number of carbonyl (C=O) groups is 1. The zero-order chi connectivity index (χ0) is 23.6. The third-order valence-corrected chi connectivity index (χ3v) is 6.02. The fourth-order valence-electron chi connectivity index (χ4n) is 3.47. The van der Waals surface area contributed by atoms with Crippen molar-refractivity contribution in [3.63, 3.8) is 0 Å². The summed E-state index contributed by atoms with van der Waals surface area (Å²) in [7, 11) is 0. The van der Waals surface area contributed by atoms with Crippen LogP contribution in [0.25, 0.3) is 22.2 Å². The number of halogens is 2. The fourth-order valence-corrected chi connectivity index (χ4v) is 4.06. The highest BCUT2D eigenvalue weighted by atomic mass is 79.9. The van der Waals surface area contributed by atoms with Crippen LogP contribution in [0.1, 0.15) is 45.4 Å². The summed E-state index contributed by atoms with van der Waals surface area (Å²) in [6, 6.07) is 13.4. The Labute approximate surface area is 208 Å². The van der Waals surface area contributed by atoms with Crippen LogP contribution in [0.2, 0.25) is 5.02 Å². The van der Waals surface area contributed by atoms with Crippen LogP contribution in [0.3, 0.4) is 0 Å². The summed E-state index contributed by atoms with van der Waals surface area (Å²) in [5.41, 5.74) is 4.91. The van der Waals surface area contributed by atoms with E-state index in [2.05, 4.69) is 55.2 Å². The predicted octanol–water partition coefficient (Wildman–Crippen LogP) is 6.07. The summed E-state index contributed by atoms with van der Waals surface area (Å²) in [4.78, 5) is 23.9. The zero-order valence-electron chi connectivity index (χ0n) is 19.0. The molecule has 33 heavy (non-hydrogen) atoms. The van der Waals surface area contributed by atoms with E-state index in [0.717, 1.165) is 59.7 Å². The number of rotatable bonds is 11. The third kappa shape index (κ3) is 7.32. The lowest BCUT2D eigenvalue weighted by Crippen LogP contribution is -2.36. The molecule has 0 atom stereocenters. The summed E-state index contributed by atoms with van der Waals surface area (Å²) >= 11 is 9.97. The molecule has 1 N–H and O–H groups in total. The largest absolute Gasteiger partial charge is 0.294 e. The standard InChI is InChI=1S/C25H29BrClN5O/c1-3-5-13-32(14-6-4-2)17-24(33)31-28-16-23-29-22-12-11-18(26)15-20(22)25(30-23)19-9-7-8-10-21(19)27/h7-12,15-16H,3-6,13-14,17H2,1-2H3,(H,31,33)/b28-16+. The molecule has 0 aliphatic carbocycles. The Hall–Kier alpha value is -2.35. The molecule has 1 heterocycles. The Bertz CT molecular complexity index is 1110. The van der Waals surface area contributed by atoms with Crippen molar-refractivity contribution in [2.24, 2.45) is 5.10 Å². The van der Waals surface area contributed by atoms with Crippen molar-refractivity contribution in [1.29, 1.82) is 0 Å². The number of aromatic nitrogens is 2. The molecule has 2 aromatic carbocycles. The van der Waals surface area contributed by atoms with E-state index in [9.17, 15) is 4.79 Å². The van der Waals surface area contributed by atoms with Gasteiger partial charge in [0.2, 0.25) is 0 Å². The van der Waals surface area contributed by atoms with E-state index < -0.39 is 0 Å². The molecule has 3 aromatic rings.